The molecule has 0 aliphatic heterocycles. The van der Waals surface area contributed by atoms with Crippen LogP contribution in [0.25, 0.3) is 16.9 Å². The minimum Gasteiger partial charge on any atom is -0.666 e. The van der Waals surface area contributed by atoms with Crippen molar-refractivity contribution in [2.75, 3.05) is 13.1 Å². The molecule has 2 aromatic rings. The van der Waals surface area contributed by atoms with E-state index >= 15 is 0 Å². The molecule has 7 heteroatoms. The fourth-order valence-corrected chi connectivity index (χ4v) is 3.30. The van der Waals surface area contributed by atoms with Crippen LogP contribution in [0.3, 0.4) is 0 Å². The number of carbonyl (C=O) groups is 2. The van der Waals surface area contributed by atoms with E-state index in [1.54, 1.807) is 0 Å². The molecule has 2 amide bonds. The normalized spacial score (nSPS) is 12.5. The van der Waals surface area contributed by atoms with E-state index in [9.17, 15) is 9.59 Å². The van der Waals surface area contributed by atoms with Gasteiger partial charge in [0.1, 0.15) is 6.04 Å². The molecular weight excluding hydrogens is 474 g/mol. The predicted octanol–water partition coefficient (Wildman–Crippen LogP) is 0.707. The average Bonchev–Trinajstić information content (AvgIpc) is 2.78. The van der Waals surface area contributed by atoms with Gasteiger partial charge in [-0.25, -0.2) is 0 Å². The first-order valence-corrected chi connectivity index (χ1v) is 11.0. The number of carbonyl (C=O) groups excluding carboxylic acids is 2. The maximum atomic E-state index is 12.8. The van der Waals surface area contributed by atoms with Crippen LogP contribution in [0.5, 0.6) is 0 Å². The van der Waals surface area contributed by atoms with E-state index in [0.717, 1.165) is 36.0 Å². The Morgan fingerprint density at radius 3 is 2.16 bits per heavy atom. The third kappa shape index (κ3) is 10.4. The van der Waals surface area contributed by atoms with Gasteiger partial charge < -0.3 is 22.1 Å². The predicted molar refractivity (Wildman–Crippen MR) is 126 cm³/mol. The first-order chi connectivity index (χ1) is 14.9. The molecule has 2 aromatic carbocycles. The fourth-order valence-electron chi connectivity index (χ4n) is 3.30. The van der Waals surface area contributed by atoms with Crippen molar-refractivity contribution in [2.24, 2.45) is 11.7 Å². The summed E-state index contributed by atoms with van der Waals surface area (Å²) in [4.78, 5) is 25.0. The van der Waals surface area contributed by atoms with Crippen LogP contribution in [-0.2, 0) is 16.0 Å². The Bertz CT molecular complexity index is 812. The van der Waals surface area contributed by atoms with Crippen LogP contribution in [0.1, 0.15) is 38.7 Å². The van der Waals surface area contributed by atoms with Gasteiger partial charge in [-0.05, 0) is 41.6 Å². The van der Waals surface area contributed by atoms with Gasteiger partial charge in [0.15, 0.2) is 0 Å². The van der Waals surface area contributed by atoms with E-state index in [0.29, 0.717) is 18.9 Å². The summed E-state index contributed by atoms with van der Waals surface area (Å²) in [7, 11) is 0. The largest absolute Gasteiger partial charge is 1.00 e. The van der Waals surface area contributed by atoms with E-state index in [1.165, 1.54) is 0 Å². The number of hydrogen-bond acceptors (Lipinski definition) is 3. The van der Waals surface area contributed by atoms with Gasteiger partial charge in [0.2, 0.25) is 11.8 Å². The van der Waals surface area contributed by atoms with Crippen molar-refractivity contribution >= 4 is 11.8 Å². The van der Waals surface area contributed by atoms with E-state index in [1.807, 2.05) is 54.6 Å². The maximum absolute atomic E-state index is 12.8. The Kier molecular flexibility index (Phi) is 14.4. The van der Waals surface area contributed by atoms with Gasteiger partial charge in [0, 0.05) is 13.0 Å². The topological polar surface area (TPSA) is 108 Å². The van der Waals surface area contributed by atoms with E-state index in [2.05, 4.69) is 24.5 Å². The summed E-state index contributed by atoms with van der Waals surface area (Å²) < 4.78 is 0. The summed E-state index contributed by atoms with van der Waals surface area (Å²) >= 11 is 0. The van der Waals surface area contributed by atoms with Crippen LogP contribution in [0, 0.1) is 5.92 Å². The zero-order valence-electron chi connectivity index (χ0n) is 19.6. The first-order valence-electron chi connectivity index (χ1n) is 11.0. The van der Waals surface area contributed by atoms with E-state index in [-0.39, 0.29) is 70.6 Å². The summed E-state index contributed by atoms with van der Waals surface area (Å²) in [6.07, 6.45) is 3.44. The smallest absolute Gasteiger partial charge is 0.666 e. The van der Waals surface area contributed by atoms with Crippen molar-refractivity contribution in [3.05, 3.63) is 65.9 Å². The van der Waals surface area contributed by atoms with Gasteiger partial charge in [-0.1, -0.05) is 81.3 Å². The molecular formula is C25H35N4O2Rb. The molecule has 2 rings (SSSR count). The molecule has 5 N–H and O–H groups in total. The molecule has 32 heavy (non-hydrogen) atoms. The summed E-state index contributed by atoms with van der Waals surface area (Å²) in [6.45, 7) is 4.86. The summed E-state index contributed by atoms with van der Waals surface area (Å²) in [5.74, 6) is -0.107. The van der Waals surface area contributed by atoms with Crippen molar-refractivity contribution in [1.82, 2.24) is 10.6 Å². The van der Waals surface area contributed by atoms with Crippen LogP contribution < -0.4 is 74.6 Å². The van der Waals surface area contributed by atoms with Gasteiger partial charge in [-0.2, -0.15) is 0 Å². The van der Waals surface area contributed by atoms with Crippen molar-refractivity contribution in [1.29, 1.82) is 0 Å². The van der Waals surface area contributed by atoms with Gasteiger partial charge in [-0.3, -0.25) is 9.59 Å². The molecule has 0 heterocycles. The van der Waals surface area contributed by atoms with Crippen molar-refractivity contribution in [3.8, 4) is 11.1 Å². The molecule has 0 aliphatic carbocycles. The van der Waals surface area contributed by atoms with E-state index in [4.69, 9.17) is 11.5 Å². The number of unbranched alkanes of at least 4 members (excludes halogenated alkanes) is 1. The minimum atomic E-state index is -1.08. The average molecular weight is 509 g/mol. The van der Waals surface area contributed by atoms with Gasteiger partial charge >= 0.3 is 58.2 Å². The standard InChI is InChI=1S/C25H35N4O2.Rb/c1-18(2)8-6-7-15-28-25(31)23(29-24(30)22(27)17-26)16-19-11-13-21(14-12-19)20-9-4-3-5-10-20;/h3-5,9-14,18,22-23,27H,6-8,15-17,26H2,1-2H3,(H,28,31)(H,29,30);/q-1;+1/t22-,23-;/m1./s1. The van der Waals surface area contributed by atoms with Crippen molar-refractivity contribution in [3.63, 3.8) is 0 Å². The van der Waals surface area contributed by atoms with Gasteiger partial charge in [0.25, 0.3) is 0 Å². The number of benzene rings is 2. The van der Waals surface area contributed by atoms with Crippen LogP contribution in [0.15, 0.2) is 54.6 Å². The second-order valence-corrected chi connectivity index (χ2v) is 8.30. The number of nitrogens with two attached hydrogens (primary N) is 1. The Hall–Kier alpha value is -0.895. The fraction of sp³-hybridized carbons (Fsp3) is 0.440. The number of hydrogen-bond donors (Lipinski definition) is 3. The van der Waals surface area contributed by atoms with Crippen LogP contribution in [-0.4, -0.2) is 37.0 Å². The van der Waals surface area contributed by atoms with Crippen molar-refractivity contribution in [2.45, 2.75) is 51.6 Å². The molecule has 0 aliphatic rings. The molecule has 168 valence electrons. The summed E-state index contributed by atoms with van der Waals surface area (Å²) in [6, 6.07) is 16.2. The second-order valence-electron chi connectivity index (χ2n) is 8.30. The quantitative estimate of drug-likeness (QED) is 0.367. The van der Waals surface area contributed by atoms with Gasteiger partial charge in [-0.15, -0.1) is 0 Å². The first kappa shape index (κ1) is 29.1. The van der Waals surface area contributed by atoms with E-state index < -0.39 is 18.0 Å². The van der Waals surface area contributed by atoms with Gasteiger partial charge in [0.05, 0.1) is 0 Å². The van der Waals surface area contributed by atoms with Crippen LogP contribution in [0.2, 0.25) is 0 Å². The van der Waals surface area contributed by atoms with Crippen LogP contribution >= 0.6 is 0 Å². The Labute approximate surface area is 241 Å². The third-order valence-corrected chi connectivity index (χ3v) is 5.19. The van der Waals surface area contributed by atoms with Crippen molar-refractivity contribution < 1.29 is 67.8 Å². The molecule has 0 saturated heterocycles. The Balaban J connectivity index is 0.00000512. The zero-order valence-corrected chi connectivity index (χ0v) is 24.5. The molecule has 2 atom stereocenters. The molecule has 0 saturated carbocycles. The number of nitrogens with one attached hydrogen (secondary N) is 3. The molecule has 0 radical (unpaired) electrons. The molecule has 0 bridgehead atoms. The summed E-state index contributed by atoms with van der Waals surface area (Å²) in [5, 5.41) is 5.63. The molecule has 0 fully saturated rings. The Morgan fingerprint density at radius 2 is 1.56 bits per heavy atom. The number of rotatable bonds is 12. The number of amides is 2. The molecule has 0 unspecified atom stereocenters. The molecule has 0 aromatic heterocycles. The Morgan fingerprint density at radius 1 is 0.938 bits per heavy atom. The summed E-state index contributed by atoms with van der Waals surface area (Å²) in [5.41, 5.74) is 16.3. The maximum Gasteiger partial charge on any atom is 1.00 e. The van der Waals surface area contributed by atoms with Crippen LogP contribution in [0.4, 0.5) is 0 Å². The monoisotopic (exact) mass is 508 g/mol. The third-order valence-electron chi connectivity index (χ3n) is 5.19. The molecule has 6 nitrogen and oxygen atoms in total. The molecule has 0 spiro atoms. The minimum absolute atomic E-state index is 0. The second kappa shape index (κ2) is 15.9. The zero-order chi connectivity index (χ0) is 22.6. The SMILES string of the molecule is CC(C)CCCCNC(=O)[C@@H](Cc1ccc(-c2ccccc2)cc1)NC(=O)[C@H]([NH-])CN.[Rb+].